The minimum Gasteiger partial charge on any atom is -0.485 e. The Balaban J connectivity index is 1.71. The van der Waals surface area contributed by atoms with Gasteiger partial charge in [-0.3, -0.25) is 4.79 Å². The van der Waals surface area contributed by atoms with E-state index in [2.05, 4.69) is 5.32 Å². The van der Waals surface area contributed by atoms with Gasteiger partial charge in [0.2, 0.25) is 6.10 Å². The highest BCUT2D eigenvalue weighted by molar-refractivity contribution is 5.82. The van der Waals surface area contributed by atoms with Crippen LogP contribution >= 0.6 is 0 Å². The number of para-hydroxylation sites is 2. The first-order valence-corrected chi connectivity index (χ1v) is 6.69. The van der Waals surface area contributed by atoms with Crippen molar-refractivity contribution in [1.29, 1.82) is 0 Å². The van der Waals surface area contributed by atoms with Crippen LogP contribution in [0.15, 0.2) is 24.3 Å². The first kappa shape index (κ1) is 12.3. The quantitative estimate of drug-likeness (QED) is 0.869. The van der Waals surface area contributed by atoms with Crippen LogP contribution in [-0.4, -0.2) is 49.2 Å². The van der Waals surface area contributed by atoms with Gasteiger partial charge in [0, 0.05) is 19.6 Å². The topological polar surface area (TPSA) is 50.8 Å². The van der Waals surface area contributed by atoms with E-state index >= 15 is 0 Å². The van der Waals surface area contributed by atoms with Gasteiger partial charge in [0.1, 0.15) is 6.61 Å². The third-order valence-corrected chi connectivity index (χ3v) is 3.61. The number of benzene rings is 1. The Kier molecular flexibility index (Phi) is 3.29. The van der Waals surface area contributed by atoms with E-state index in [0.29, 0.717) is 24.1 Å². The van der Waals surface area contributed by atoms with Gasteiger partial charge in [-0.05, 0) is 19.1 Å². The monoisotopic (exact) mass is 262 g/mol. The summed E-state index contributed by atoms with van der Waals surface area (Å²) in [5.74, 6) is 1.37. The molecule has 1 aromatic carbocycles. The van der Waals surface area contributed by atoms with Crippen LogP contribution in [0.5, 0.6) is 11.5 Å². The largest absolute Gasteiger partial charge is 0.485 e. The first-order chi connectivity index (χ1) is 9.29. The van der Waals surface area contributed by atoms with Crippen LogP contribution in [0.1, 0.15) is 6.92 Å². The molecule has 0 aliphatic carbocycles. The number of likely N-dealkylation sites (N-methyl/N-ethyl adjacent to an activating group) is 1. The lowest BCUT2D eigenvalue weighted by Crippen LogP contribution is -2.61. The molecule has 5 heteroatoms. The second-order valence-electron chi connectivity index (χ2n) is 4.80. The summed E-state index contributed by atoms with van der Waals surface area (Å²) in [4.78, 5) is 14.3. The number of ether oxygens (including phenoxy) is 2. The van der Waals surface area contributed by atoms with Crippen molar-refractivity contribution in [2.75, 3.05) is 26.2 Å². The maximum atomic E-state index is 12.5. The maximum Gasteiger partial charge on any atom is 0.267 e. The number of hydrogen-bond acceptors (Lipinski definition) is 4. The summed E-state index contributed by atoms with van der Waals surface area (Å²) in [6.07, 6.45) is -0.532. The number of nitrogens with zero attached hydrogens (tertiary/aromatic N) is 1. The summed E-state index contributed by atoms with van der Waals surface area (Å²) in [7, 11) is 0. The molecule has 1 N–H and O–H groups in total. The normalized spacial score (nSPS) is 21.6. The maximum absolute atomic E-state index is 12.5. The van der Waals surface area contributed by atoms with Crippen LogP contribution in [0, 0.1) is 0 Å². The number of carbonyl (C=O) groups excluding carboxylic acids is 1. The molecule has 1 fully saturated rings. The second-order valence-corrected chi connectivity index (χ2v) is 4.80. The molecule has 2 aliphatic rings. The fourth-order valence-electron chi connectivity index (χ4n) is 2.41. The Morgan fingerprint density at radius 1 is 1.37 bits per heavy atom. The Bertz CT molecular complexity index is 474. The van der Waals surface area contributed by atoms with Crippen LogP contribution in [0.4, 0.5) is 0 Å². The Morgan fingerprint density at radius 2 is 2.11 bits per heavy atom. The van der Waals surface area contributed by atoms with Crippen molar-refractivity contribution in [3.05, 3.63) is 24.3 Å². The minimum atomic E-state index is -0.532. The van der Waals surface area contributed by atoms with Crippen LogP contribution in [-0.2, 0) is 4.79 Å². The molecule has 1 aromatic rings. The number of rotatable bonds is 3. The van der Waals surface area contributed by atoms with E-state index in [4.69, 9.17) is 9.47 Å². The minimum absolute atomic E-state index is 0.0171. The average molecular weight is 262 g/mol. The van der Waals surface area contributed by atoms with Gasteiger partial charge in [-0.2, -0.15) is 0 Å². The van der Waals surface area contributed by atoms with E-state index in [0.717, 1.165) is 13.1 Å². The highest BCUT2D eigenvalue weighted by Crippen LogP contribution is 2.31. The third kappa shape index (κ3) is 2.26. The standard InChI is InChI=1S/C14H18N2O3/c1-2-16(10-7-15-8-10)14(17)13-9-18-11-5-3-4-6-12(11)19-13/h3-6,10,13,15H,2,7-9H2,1H3. The fourth-order valence-corrected chi connectivity index (χ4v) is 2.41. The summed E-state index contributed by atoms with van der Waals surface area (Å²) in [5.41, 5.74) is 0. The second kappa shape index (κ2) is 5.09. The Labute approximate surface area is 112 Å². The van der Waals surface area contributed by atoms with Gasteiger partial charge in [-0.15, -0.1) is 0 Å². The molecular weight excluding hydrogens is 244 g/mol. The molecule has 2 aliphatic heterocycles. The fraction of sp³-hybridized carbons (Fsp3) is 0.500. The number of amides is 1. The SMILES string of the molecule is CCN(C(=O)C1COc2ccccc2O1)C1CNC1. The van der Waals surface area contributed by atoms with Gasteiger partial charge < -0.3 is 19.7 Å². The smallest absolute Gasteiger partial charge is 0.267 e. The molecule has 19 heavy (non-hydrogen) atoms. The molecule has 5 nitrogen and oxygen atoms in total. The van der Waals surface area contributed by atoms with Crippen LogP contribution in [0.25, 0.3) is 0 Å². The van der Waals surface area contributed by atoms with Gasteiger partial charge in [0.25, 0.3) is 5.91 Å². The molecule has 2 heterocycles. The number of fused-ring (bicyclic) bond motifs is 1. The number of hydrogen-bond donors (Lipinski definition) is 1. The lowest BCUT2D eigenvalue weighted by molar-refractivity contribution is -0.144. The van der Waals surface area contributed by atoms with Crippen molar-refractivity contribution in [1.82, 2.24) is 10.2 Å². The summed E-state index contributed by atoms with van der Waals surface area (Å²) < 4.78 is 11.4. The van der Waals surface area contributed by atoms with Crippen molar-refractivity contribution >= 4 is 5.91 Å². The lowest BCUT2D eigenvalue weighted by Gasteiger charge is -2.39. The predicted molar refractivity (Wildman–Crippen MR) is 70.4 cm³/mol. The van der Waals surface area contributed by atoms with Gasteiger partial charge >= 0.3 is 0 Å². The van der Waals surface area contributed by atoms with Crippen molar-refractivity contribution in [2.24, 2.45) is 0 Å². The van der Waals surface area contributed by atoms with E-state index in [1.807, 2.05) is 36.1 Å². The number of carbonyl (C=O) groups is 1. The highest BCUT2D eigenvalue weighted by atomic mass is 16.6. The van der Waals surface area contributed by atoms with Gasteiger partial charge in [-0.1, -0.05) is 12.1 Å². The third-order valence-electron chi connectivity index (χ3n) is 3.61. The van der Waals surface area contributed by atoms with Gasteiger partial charge in [0.05, 0.1) is 6.04 Å². The number of nitrogens with one attached hydrogen (secondary N) is 1. The van der Waals surface area contributed by atoms with Crippen molar-refractivity contribution in [3.63, 3.8) is 0 Å². The zero-order valence-corrected chi connectivity index (χ0v) is 11.0. The lowest BCUT2D eigenvalue weighted by atomic mass is 10.1. The molecule has 0 aromatic heterocycles. The summed E-state index contributed by atoms with van der Waals surface area (Å²) in [6.45, 7) is 4.71. The molecule has 0 bridgehead atoms. The summed E-state index contributed by atoms with van der Waals surface area (Å²) >= 11 is 0. The van der Waals surface area contributed by atoms with E-state index in [-0.39, 0.29) is 12.5 Å². The van der Waals surface area contributed by atoms with Gasteiger partial charge in [-0.25, -0.2) is 0 Å². The zero-order valence-electron chi connectivity index (χ0n) is 11.0. The molecule has 1 atom stereocenters. The van der Waals surface area contributed by atoms with Crippen LogP contribution in [0.3, 0.4) is 0 Å². The van der Waals surface area contributed by atoms with Crippen LogP contribution in [0.2, 0.25) is 0 Å². The molecule has 1 amide bonds. The van der Waals surface area contributed by atoms with E-state index in [1.165, 1.54) is 0 Å². The van der Waals surface area contributed by atoms with Crippen molar-refractivity contribution in [2.45, 2.75) is 19.1 Å². The van der Waals surface area contributed by atoms with Crippen molar-refractivity contribution < 1.29 is 14.3 Å². The summed E-state index contributed by atoms with van der Waals surface area (Å²) in [6, 6.07) is 7.74. The molecule has 0 saturated carbocycles. The Hall–Kier alpha value is -1.75. The first-order valence-electron chi connectivity index (χ1n) is 6.69. The molecule has 102 valence electrons. The zero-order chi connectivity index (χ0) is 13.2. The Morgan fingerprint density at radius 3 is 2.74 bits per heavy atom. The van der Waals surface area contributed by atoms with Gasteiger partial charge in [0.15, 0.2) is 11.5 Å². The molecule has 0 radical (unpaired) electrons. The molecule has 0 spiro atoms. The highest BCUT2D eigenvalue weighted by Gasteiger charge is 2.35. The van der Waals surface area contributed by atoms with E-state index in [1.54, 1.807) is 0 Å². The summed E-state index contributed by atoms with van der Waals surface area (Å²) in [5, 5.41) is 3.18. The average Bonchev–Trinajstić information content (AvgIpc) is 2.41. The molecule has 1 unspecified atom stereocenters. The predicted octanol–water partition coefficient (Wildman–Crippen LogP) is 0.647. The van der Waals surface area contributed by atoms with Crippen molar-refractivity contribution in [3.8, 4) is 11.5 Å². The van der Waals surface area contributed by atoms with E-state index in [9.17, 15) is 4.79 Å². The van der Waals surface area contributed by atoms with E-state index < -0.39 is 6.10 Å². The molecule has 3 rings (SSSR count). The molecule has 1 saturated heterocycles. The molecular formula is C14H18N2O3. The van der Waals surface area contributed by atoms with Crippen LogP contribution < -0.4 is 14.8 Å².